The predicted octanol–water partition coefficient (Wildman–Crippen LogP) is 0.655. The smallest absolute Gasteiger partial charge is 0.343 e. The number of carbonyl (C=O) groups excluding carboxylic acids is 1. The molecule has 1 aromatic heterocycles. The number of nitrogens with two attached hydrogens (primary N) is 1. The highest BCUT2D eigenvalue weighted by atomic mass is 16.5. The fourth-order valence-corrected chi connectivity index (χ4v) is 2.14. The standard InChI is InChI=1S/C12H18N4O2/c1-16-5-3-8(4-6-16)11-14-7-9(10(13)15-11)12(17)18-2/h7-8H,3-6H2,1-2H3,(H2,13,14,15). The van der Waals surface area contributed by atoms with E-state index < -0.39 is 5.97 Å². The van der Waals surface area contributed by atoms with Crippen LogP contribution in [0.3, 0.4) is 0 Å². The van der Waals surface area contributed by atoms with E-state index in [0.717, 1.165) is 31.8 Å². The lowest BCUT2D eigenvalue weighted by Gasteiger charge is -2.27. The molecular formula is C12H18N4O2. The lowest BCUT2D eigenvalue weighted by molar-refractivity contribution is 0.0601. The van der Waals surface area contributed by atoms with Crippen LogP contribution in [0.25, 0.3) is 0 Å². The average Bonchev–Trinajstić information content (AvgIpc) is 2.38. The Balaban J connectivity index is 2.16. The molecule has 0 saturated carbocycles. The molecule has 0 aromatic carbocycles. The van der Waals surface area contributed by atoms with Gasteiger partial charge in [-0.05, 0) is 33.0 Å². The summed E-state index contributed by atoms with van der Waals surface area (Å²) in [6, 6.07) is 0. The number of nitrogen functional groups attached to an aromatic ring is 1. The summed E-state index contributed by atoms with van der Waals surface area (Å²) in [6.07, 6.45) is 3.50. The Hall–Kier alpha value is -1.69. The van der Waals surface area contributed by atoms with Crippen molar-refractivity contribution in [2.75, 3.05) is 33.0 Å². The van der Waals surface area contributed by atoms with Crippen LogP contribution in [-0.4, -0.2) is 48.1 Å². The number of nitrogens with zero attached hydrogens (tertiary/aromatic N) is 3. The minimum absolute atomic E-state index is 0.200. The third-order valence-electron chi connectivity index (χ3n) is 3.33. The van der Waals surface area contributed by atoms with Gasteiger partial charge in [0.1, 0.15) is 17.2 Å². The summed E-state index contributed by atoms with van der Waals surface area (Å²) in [5, 5.41) is 0. The number of carbonyl (C=O) groups is 1. The van der Waals surface area contributed by atoms with Crippen molar-refractivity contribution >= 4 is 11.8 Å². The maximum atomic E-state index is 11.4. The molecule has 1 fully saturated rings. The molecule has 2 N–H and O–H groups in total. The zero-order valence-electron chi connectivity index (χ0n) is 10.7. The van der Waals surface area contributed by atoms with Gasteiger partial charge in [-0.3, -0.25) is 0 Å². The summed E-state index contributed by atoms with van der Waals surface area (Å²) in [7, 11) is 3.42. The average molecular weight is 250 g/mol. The maximum absolute atomic E-state index is 11.4. The van der Waals surface area contributed by atoms with Crippen LogP contribution in [-0.2, 0) is 4.74 Å². The third-order valence-corrected chi connectivity index (χ3v) is 3.33. The molecule has 0 atom stereocenters. The number of hydrogen-bond acceptors (Lipinski definition) is 6. The van der Waals surface area contributed by atoms with Gasteiger partial charge in [0.05, 0.1) is 7.11 Å². The zero-order valence-corrected chi connectivity index (χ0v) is 10.7. The van der Waals surface area contributed by atoms with Crippen LogP contribution in [0, 0.1) is 0 Å². The Labute approximate surface area is 106 Å². The van der Waals surface area contributed by atoms with E-state index in [1.54, 1.807) is 0 Å². The van der Waals surface area contributed by atoms with Crippen molar-refractivity contribution in [1.82, 2.24) is 14.9 Å². The van der Waals surface area contributed by atoms with Gasteiger partial charge in [0, 0.05) is 12.1 Å². The van der Waals surface area contributed by atoms with Gasteiger partial charge in [-0.2, -0.15) is 0 Å². The third kappa shape index (κ3) is 2.59. The van der Waals surface area contributed by atoms with Gasteiger partial charge in [0.25, 0.3) is 0 Å². The number of esters is 1. The zero-order chi connectivity index (χ0) is 13.1. The van der Waals surface area contributed by atoms with Gasteiger partial charge in [0.15, 0.2) is 0 Å². The summed E-state index contributed by atoms with van der Waals surface area (Å²) in [5.41, 5.74) is 6.00. The number of piperidine rings is 1. The first-order valence-corrected chi connectivity index (χ1v) is 6.01. The normalized spacial score (nSPS) is 17.7. The lowest BCUT2D eigenvalue weighted by Crippen LogP contribution is -2.30. The number of likely N-dealkylation sites (tertiary alicyclic amines) is 1. The Morgan fingerprint density at radius 3 is 2.72 bits per heavy atom. The number of aromatic nitrogens is 2. The molecule has 0 spiro atoms. The molecule has 98 valence electrons. The lowest BCUT2D eigenvalue weighted by atomic mass is 9.96. The second-order valence-corrected chi connectivity index (χ2v) is 4.60. The van der Waals surface area contributed by atoms with Crippen molar-refractivity contribution in [1.29, 1.82) is 0 Å². The molecule has 1 saturated heterocycles. The molecule has 2 rings (SSSR count). The fraction of sp³-hybridized carbons (Fsp3) is 0.583. The van der Waals surface area contributed by atoms with Crippen LogP contribution in [0.15, 0.2) is 6.20 Å². The van der Waals surface area contributed by atoms with Gasteiger partial charge in [-0.15, -0.1) is 0 Å². The highest BCUT2D eigenvalue weighted by Gasteiger charge is 2.22. The van der Waals surface area contributed by atoms with Crippen molar-refractivity contribution in [3.8, 4) is 0 Å². The van der Waals surface area contributed by atoms with E-state index >= 15 is 0 Å². The molecule has 0 unspecified atom stereocenters. The highest BCUT2D eigenvalue weighted by molar-refractivity contribution is 5.93. The minimum atomic E-state index is -0.498. The van der Waals surface area contributed by atoms with Crippen LogP contribution < -0.4 is 5.73 Å². The fourth-order valence-electron chi connectivity index (χ4n) is 2.14. The SMILES string of the molecule is COC(=O)c1cnc(C2CCN(C)CC2)nc1N. The van der Waals surface area contributed by atoms with Crippen molar-refractivity contribution in [2.45, 2.75) is 18.8 Å². The number of hydrogen-bond donors (Lipinski definition) is 1. The van der Waals surface area contributed by atoms with Gasteiger partial charge in [-0.1, -0.05) is 0 Å². The summed E-state index contributed by atoms with van der Waals surface area (Å²) in [6.45, 7) is 2.07. The van der Waals surface area contributed by atoms with Crippen LogP contribution in [0.1, 0.15) is 34.9 Å². The van der Waals surface area contributed by atoms with Gasteiger partial charge in [0.2, 0.25) is 0 Å². The molecule has 1 aliphatic rings. The molecule has 18 heavy (non-hydrogen) atoms. The quantitative estimate of drug-likeness (QED) is 0.776. The number of anilines is 1. The van der Waals surface area contributed by atoms with E-state index in [-0.39, 0.29) is 11.4 Å². The summed E-state index contributed by atoms with van der Waals surface area (Å²) in [5.74, 6) is 0.761. The Morgan fingerprint density at radius 2 is 2.17 bits per heavy atom. The van der Waals surface area contributed by atoms with E-state index in [0.29, 0.717) is 5.92 Å². The Kier molecular flexibility index (Phi) is 3.76. The molecule has 6 nitrogen and oxygen atoms in total. The van der Waals surface area contributed by atoms with Crippen LogP contribution in [0.2, 0.25) is 0 Å². The van der Waals surface area contributed by atoms with E-state index in [1.807, 2.05) is 0 Å². The van der Waals surface area contributed by atoms with Crippen LogP contribution >= 0.6 is 0 Å². The van der Waals surface area contributed by atoms with Gasteiger partial charge in [-0.25, -0.2) is 14.8 Å². The van der Waals surface area contributed by atoms with E-state index in [4.69, 9.17) is 5.73 Å². The second-order valence-electron chi connectivity index (χ2n) is 4.60. The molecule has 0 aliphatic carbocycles. The molecule has 0 bridgehead atoms. The topological polar surface area (TPSA) is 81.3 Å². The van der Waals surface area contributed by atoms with Gasteiger partial charge < -0.3 is 15.4 Å². The molecule has 0 radical (unpaired) electrons. The molecule has 6 heteroatoms. The van der Waals surface area contributed by atoms with Crippen molar-refractivity contribution in [2.24, 2.45) is 0 Å². The van der Waals surface area contributed by atoms with E-state index in [9.17, 15) is 4.79 Å². The van der Waals surface area contributed by atoms with Crippen molar-refractivity contribution in [3.05, 3.63) is 17.6 Å². The molecule has 1 aromatic rings. The van der Waals surface area contributed by atoms with Gasteiger partial charge >= 0.3 is 5.97 Å². The largest absolute Gasteiger partial charge is 0.465 e. The Morgan fingerprint density at radius 1 is 1.50 bits per heavy atom. The Bertz CT molecular complexity index is 442. The van der Waals surface area contributed by atoms with Crippen molar-refractivity contribution in [3.63, 3.8) is 0 Å². The molecular weight excluding hydrogens is 232 g/mol. The van der Waals surface area contributed by atoms with Crippen molar-refractivity contribution < 1.29 is 9.53 Å². The maximum Gasteiger partial charge on any atom is 0.343 e. The number of ether oxygens (including phenoxy) is 1. The summed E-state index contributed by atoms with van der Waals surface area (Å²) in [4.78, 5) is 22.1. The predicted molar refractivity (Wildman–Crippen MR) is 67.3 cm³/mol. The number of rotatable bonds is 2. The van der Waals surface area contributed by atoms with E-state index in [1.165, 1.54) is 13.3 Å². The minimum Gasteiger partial charge on any atom is -0.465 e. The molecule has 1 aliphatic heterocycles. The monoisotopic (exact) mass is 250 g/mol. The molecule has 0 amide bonds. The highest BCUT2D eigenvalue weighted by Crippen LogP contribution is 2.25. The molecule has 2 heterocycles. The van der Waals surface area contributed by atoms with Crippen LogP contribution in [0.4, 0.5) is 5.82 Å². The summed E-state index contributed by atoms with van der Waals surface area (Å²) >= 11 is 0. The number of methoxy groups -OCH3 is 1. The summed E-state index contributed by atoms with van der Waals surface area (Å²) < 4.78 is 4.61. The second kappa shape index (κ2) is 5.30. The first-order chi connectivity index (χ1) is 8.61. The van der Waals surface area contributed by atoms with E-state index in [2.05, 4.69) is 26.7 Å². The first-order valence-electron chi connectivity index (χ1n) is 6.01. The van der Waals surface area contributed by atoms with Crippen LogP contribution in [0.5, 0.6) is 0 Å². The first kappa shape index (κ1) is 12.8.